The Morgan fingerprint density at radius 2 is 1.97 bits per heavy atom. The molecule has 0 unspecified atom stereocenters. The van der Waals surface area contributed by atoms with E-state index in [9.17, 15) is 4.79 Å². The number of para-hydroxylation sites is 1. The Labute approximate surface area is 176 Å². The Balaban J connectivity index is 1.47. The number of hydrogen-bond acceptors (Lipinski definition) is 7. The molecule has 0 N–H and O–H groups in total. The molecule has 4 aromatic rings. The van der Waals surface area contributed by atoms with Crippen molar-refractivity contribution < 1.29 is 4.52 Å². The molecule has 1 aromatic carbocycles. The van der Waals surface area contributed by atoms with Crippen LogP contribution in [0.3, 0.4) is 0 Å². The third kappa shape index (κ3) is 3.74. The van der Waals surface area contributed by atoms with Gasteiger partial charge >= 0.3 is 0 Å². The topological polar surface area (TPSA) is 73.8 Å². The summed E-state index contributed by atoms with van der Waals surface area (Å²) in [5, 5.41) is 7.47. The van der Waals surface area contributed by atoms with E-state index < -0.39 is 0 Å². The van der Waals surface area contributed by atoms with Gasteiger partial charge in [0.05, 0.1) is 21.5 Å². The standard InChI is InChI=1S/C21H20N4O2S2/c26-20-15-9-4-5-10-16(15)22-21(25(20)14-7-2-1-3-8-14)29-13-18-23-19(24-27-18)17-11-6-12-28-17/h4-6,9-12,14H,1-3,7-8,13H2. The number of thioether (sulfide) groups is 1. The first-order valence-corrected chi connectivity index (χ1v) is 11.7. The van der Waals surface area contributed by atoms with E-state index in [-0.39, 0.29) is 11.6 Å². The van der Waals surface area contributed by atoms with Crippen LogP contribution in [0.25, 0.3) is 21.6 Å². The Morgan fingerprint density at radius 1 is 1.10 bits per heavy atom. The van der Waals surface area contributed by atoms with Crippen molar-refractivity contribution in [1.29, 1.82) is 0 Å². The predicted molar refractivity (Wildman–Crippen MR) is 115 cm³/mol. The number of benzene rings is 1. The average Bonchev–Trinajstić information content (AvgIpc) is 3.45. The molecule has 0 atom stereocenters. The Hall–Kier alpha value is -2.45. The van der Waals surface area contributed by atoms with Gasteiger partial charge in [-0.15, -0.1) is 11.3 Å². The van der Waals surface area contributed by atoms with E-state index in [1.54, 1.807) is 11.3 Å². The molecule has 8 heteroatoms. The second-order valence-corrected chi connectivity index (χ2v) is 9.05. The molecule has 1 aliphatic carbocycles. The zero-order valence-corrected chi connectivity index (χ0v) is 17.4. The average molecular weight is 425 g/mol. The fraction of sp³-hybridized carbons (Fsp3) is 0.333. The number of aromatic nitrogens is 4. The molecule has 0 radical (unpaired) electrons. The van der Waals surface area contributed by atoms with Crippen LogP contribution in [0.5, 0.6) is 0 Å². The number of nitrogens with zero attached hydrogens (tertiary/aromatic N) is 4. The zero-order chi connectivity index (χ0) is 19.6. The summed E-state index contributed by atoms with van der Waals surface area (Å²) >= 11 is 3.07. The van der Waals surface area contributed by atoms with Crippen LogP contribution in [0, 0.1) is 0 Å². The highest BCUT2D eigenvalue weighted by Crippen LogP contribution is 2.32. The molecule has 0 bridgehead atoms. The summed E-state index contributed by atoms with van der Waals surface area (Å²) in [5.41, 5.74) is 0.784. The monoisotopic (exact) mass is 424 g/mol. The highest BCUT2D eigenvalue weighted by molar-refractivity contribution is 7.98. The van der Waals surface area contributed by atoms with Crippen LogP contribution in [0.4, 0.5) is 0 Å². The maximum Gasteiger partial charge on any atom is 0.262 e. The van der Waals surface area contributed by atoms with Gasteiger partial charge in [0.15, 0.2) is 5.16 Å². The first-order valence-electron chi connectivity index (χ1n) is 9.80. The van der Waals surface area contributed by atoms with E-state index in [2.05, 4.69) is 10.1 Å². The number of hydrogen-bond donors (Lipinski definition) is 0. The molecule has 29 heavy (non-hydrogen) atoms. The summed E-state index contributed by atoms with van der Waals surface area (Å²) in [6.45, 7) is 0. The molecule has 6 nitrogen and oxygen atoms in total. The second-order valence-electron chi connectivity index (χ2n) is 7.16. The van der Waals surface area contributed by atoms with Crippen LogP contribution >= 0.6 is 23.1 Å². The molecule has 1 saturated carbocycles. The van der Waals surface area contributed by atoms with E-state index in [4.69, 9.17) is 9.51 Å². The quantitative estimate of drug-likeness (QED) is 0.319. The van der Waals surface area contributed by atoms with Crippen LogP contribution in [0.15, 0.2) is 56.3 Å². The largest absolute Gasteiger partial charge is 0.338 e. The lowest BCUT2D eigenvalue weighted by molar-refractivity contribution is 0.326. The molecule has 0 amide bonds. The molecule has 1 fully saturated rings. The minimum atomic E-state index is 0.0507. The maximum absolute atomic E-state index is 13.3. The Morgan fingerprint density at radius 3 is 2.79 bits per heavy atom. The van der Waals surface area contributed by atoms with Gasteiger partial charge in [-0.25, -0.2) is 4.98 Å². The fourth-order valence-electron chi connectivity index (χ4n) is 3.83. The van der Waals surface area contributed by atoms with Crippen molar-refractivity contribution in [2.45, 2.75) is 49.1 Å². The van der Waals surface area contributed by atoms with Crippen LogP contribution in [0.1, 0.15) is 44.0 Å². The van der Waals surface area contributed by atoms with E-state index in [0.29, 0.717) is 22.9 Å². The van der Waals surface area contributed by atoms with Crippen LogP contribution < -0.4 is 5.56 Å². The molecule has 0 aliphatic heterocycles. The third-order valence-electron chi connectivity index (χ3n) is 5.25. The smallest absolute Gasteiger partial charge is 0.262 e. The zero-order valence-electron chi connectivity index (χ0n) is 15.8. The van der Waals surface area contributed by atoms with E-state index >= 15 is 0 Å². The SMILES string of the molecule is O=c1c2ccccc2nc(SCc2nc(-c3cccs3)no2)n1C1CCCCC1. The van der Waals surface area contributed by atoms with Crippen LogP contribution in [-0.2, 0) is 5.75 Å². The normalized spacial score (nSPS) is 15.2. The van der Waals surface area contributed by atoms with Gasteiger partial charge in [-0.05, 0) is 36.4 Å². The molecule has 3 heterocycles. The highest BCUT2D eigenvalue weighted by atomic mass is 32.2. The van der Waals surface area contributed by atoms with Gasteiger partial charge in [0.1, 0.15) is 0 Å². The molecular formula is C21H20N4O2S2. The maximum atomic E-state index is 13.3. The predicted octanol–water partition coefficient (Wildman–Crippen LogP) is 5.31. The van der Waals surface area contributed by atoms with Crippen molar-refractivity contribution in [3.63, 3.8) is 0 Å². The molecule has 0 saturated heterocycles. The molecule has 5 rings (SSSR count). The summed E-state index contributed by atoms with van der Waals surface area (Å²) in [7, 11) is 0. The minimum absolute atomic E-state index is 0.0507. The molecule has 0 spiro atoms. The first kappa shape index (κ1) is 18.6. The lowest BCUT2D eigenvalue weighted by Crippen LogP contribution is -2.29. The molecule has 3 aromatic heterocycles. The van der Waals surface area contributed by atoms with Gasteiger partial charge < -0.3 is 4.52 Å². The fourth-order valence-corrected chi connectivity index (χ4v) is 5.39. The van der Waals surface area contributed by atoms with Crippen LogP contribution in [0.2, 0.25) is 0 Å². The molecule has 148 valence electrons. The van der Waals surface area contributed by atoms with Crippen LogP contribution in [-0.4, -0.2) is 19.7 Å². The number of thiophene rings is 1. The summed E-state index contributed by atoms with van der Waals surface area (Å²) < 4.78 is 7.33. The number of fused-ring (bicyclic) bond motifs is 1. The third-order valence-corrected chi connectivity index (χ3v) is 7.05. The number of rotatable bonds is 5. The van der Waals surface area contributed by atoms with Gasteiger partial charge in [-0.2, -0.15) is 4.98 Å². The van der Waals surface area contributed by atoms with Crippen molar-refractivity contribution in [3.8, 4) is 10.7 Å². The summed E-state index contributed by atoms with van der Waals surface area (Å²) in [5.74, 6) is 1.62. The van der Waals surface area contributed by atoms with Gasteiger partial charge in [-0.3, -0.25) is 9.36 Å². The van der Waals surface area contributed by atoms with Crippen molar-refractivity contribution in [1.82, 2.24) is 19.7 Å². The Kier molecular flexibility index (Phi) is 5.20. The van der Waals surface area contributed by atoms with Crippen molar-refractivity contribution in [2.24, 2.45) is 0 Å². The lowest BCUT2D eigenvalue weighted by Gasteiger charge is -2.26. The Bertz CT molecular complexity index is 1180. The van der Waals surface area contributed by atoms with Crippen molar-refractivity contribution in [3.05, 3.63) is 58.0 Å². The lowest BCUT2D eigenvalue weighted by atomic mass is 9.95. The van der Waals surface area contributed by atoms with Gasteiger partial charge in [0, 0.05) is 6.04 Å². The summed E-state index contributed by atoms with van der Waals surface area (Å²) in [4.78, 5) is 23.6. The summed E-state index contributed by atoms with van der Waals surface area (Å²) in [6.07, 6.45) is 5.60. The molecule has 1 aliphatic rings. The van der Waals surface area contributed by atoms with E-state index in [0.717, 1.165) is 41.2 Å². The van der Waals surface area contributed by atoms with E-state index in [1.165, 1.54) is 18.2 Å². The van der Waals surface area contributed by atoms with Crippen molar-refractivity contribution >= 4 is 34.0 Å². The van der Waals surface area contributed by atoms with Gasteiger partial charge in [-0.1, -0.05) is 54.4 Å². The minimum Gasteiger partial charge on any atom is -0.338 e. The van der Waals surface area contributed by atoms with Crippen molar-refractivity contribution in [2.75, 3.05) is 0 Å². The van der Waals surface area contributed by atoms with Gasteiger partial charge in [0.2, 0.25) is 11.7 Å². The second kappa shape index (κ2) is 8.12. The van der Waals surface area contributed by atoms with E-state index in [1.807, 2.05) is 46.3 Å². The molecular weight excluding hydrogens is 404 g/mol. The highest BCUT2D eigenvalue weighted by Gasteiger charge is 2.22. The summed E-state index contributed by atoms with van der Waals surface area (Å²) in [6, 6.07) is 11.7. The van der Waals surface area contributed by atoms with Gasteiger partial charge in [0.25, 0.3) is 5.56 Å². The first-order chi connectivity index (χ1) is 14.3.